The van der Waals surface area contributed by atoms with Crippen LogP contribution in [-0.2, 0) is 11.2 Å². The maximum absolute atomic E-state index is 12.5. The molecule has 2 N–H and O–H groups in total. The lowest BCUT2D eigenvalue weighted by molar-refractivity contribution is -0.120. The molecule has 0 spiro atoms. The summed E-state index contributed by atoms with van der Waals surface area (Å²) in [5.41, 5.74) is 3.03. The van der Waals surface area contributed by atoms with Crippen LogP contribution < -0.4 is 15.4 Å². The van der Waals surface area contributed by atoms with E-state index in [4.69, 9.17) is 17.0 Å². The van der Waals surface area contributed by atoms with Gasteiger partial charge in [-0.25, -0.2) is 0 Å². The Kier molecular flexibility index (Phi) is 7.80. The molecule has 27 heavy (non-hydrogen) atoms. The molecule has 2 aromatic rings. The van der Waals surface area contributed by atoms with Crippen LogP contribution in [0.5, 0.6) is 5.75 Å². The zero-order valence-corrected chi connectivity index (χ0v) is 17.2. The minimum Gasteiger partial charge on any atom is -0.494 e. The first-order valence-corrected chi connectivity index (χ1v) is 9.73. The number of carbonyl (C=O) groups is 1. The van der Waals surface area contributed by atoms with Crippen molar-refractivity contribution in [2.45, 2.75) is 40.0 Å². The van der Waals surface area contributed by atoms with E-state index in [0.29, 0.717) is 12.5 Å². The highest BCUT2D eigenvalue weighted by atomic mass is 32.1. The standard InChI is InChI=1S/C22H28N2O2S/c1-5-26-20-8-6-7-19(14-20)23-22(27)24-21(25)16(4)18-11-9-17(10-12-18)13-15(2)3/h6-12,14-16H,5,13H2,1-4H3,(H2,23,24,25,27). The molecule has 1 unspecified atom stereocenters. The van der Waals surface area contributed by atoms with Crippen LogP contribution in [0.15, 0.2) is 48.5 Å². The minimum absolute atomic E-state index is 0.134. The Morgan fingerprint density at radius 3 is 2.44 bits per heavy atom. The second kappa shape index (κ2) is 10.1. The summed E-state index contributed by atoms with van der Waals surface area (Å²) in [6, 6.07) is 15.7. The Morgan fingerprint density at radius 2 is 1.81 bits per heavy atom. The van der Waals surface area contributed by atoms with E-state index in [-0.39, 0.29) is 16.9 Å². The topological polar surface area (TPSA) is 50.4 Å². The SMILES string of the molecule is CCOc1cccc(NC(=S)NC(=O)C(C)c2ccc(CC(C)C)cc2)c1. The van der Waals surface area contributed by atoms with Gasteiger partial charge in [0, 0.05) is 11.8 Å². The summed E-state index contributed by atoms with van der Waals surface area (Å²) in [7, 11) is 0. The first-order chi connectivity index (χ1) is 12.9. The highest BCUT2D eigenvalue weighted by Gasteiger charge is 2.16. The van der Waals surface area contributed by atoms with Crippen molar-refractivity contribution in [3.05, 3.63) is 59.7 Å². The molecule has 0 aromatic heterocycles. The van der Waals surface area contributed by atoms with Gasteiger partial charge in [-0.3, -0.25) is 4.79 Å². The second-order valence-corrected chi connectivity index (χ2v) is 7.37. The molecule has 2 aromatic carbocycles. The molecule has 0 aliphatic heterocycles. The number of benzene rings is 2. The van der Waals surface area contributed by atoms with Crippen molar-refractivity contribution in [2.75, 3.05) is 11.9 Å². The maximum atomic E-state index is 12.5. The normalized spacial score (nSPS) is 11.7. The number of hydrogen-bond acceptors (Lipinski definition) is 3. The monoisotopic (exact) mass is 384 g/mol. The Labute approximate surface area is 167 Å². The quantitative estimate of drug-likeness (QED) is 0.667. The van der Waals surface area contributed by atoms with Crippen molar-refractivity contribution >= 4 is 28.9 Å². The molecule has 4 nitrogen and oxygen atoms in total. The van der Waals surface area contributed by atoms with Crippen LogP contribution in [0.2, 0.25) is 0 Å². The molecule has 5 heteroatoms. The fourth-order valence-corrected chi connectivity index (χ4v) is 3.00. The predicted octanol–water partition coefficient (Wildman–Crippen LogP) is 4.90. The third-order valence-corrected chi connectivity index (χ3v) is 4.36. The highest BCUT2D eigenvalue weighted by molar-refractivity contribution is 7.80. The van der Waals surface area contributed by atoms with Crippen molar-refractivity contribution in [1.29, 1.82) is 0 Å². The zero-order chi connectivity index (χ0) is 19.8. The van der Waals surface area contributed by atoms with Crippen molar-refractivity contribution in [3.63, 3.8) is 0 Å². The van der Waals surface area contributed by atoms with Gasteiger partial charge in [0.2, 0.25) is 5.91 Å². The summed E-state index contributed by atoms with van der Waals surface area (Å²) < 4.78 is 5.47. The Bertz CT molecular complexity index is 772. The smallest absolute Gasteiger partial charge is 0.233 e. The largest absolute Gasteiger partial charge is 0.494 e. The molecule has 1 atom stereocenters. The van der Waals surface area contributed by atoms with E-state index in [1.165, 1.54) is 5.56 Å². The third kappa shape index (κ3) is 6.68. The fourth-order valence-electron chi connectivity index (χ4n) is 2.78. The first kappa shape index (κ1) is 20.9. The second-order valence-electron chi connectivity index (χ2n) is 6.97. The van der Waals surface area contributed by atoms with Gasteiger partial charge in [-0.15, -0.1) is 0 Å². The van der Waals surface area contributed by atoms with Crippen molar-refractivity contribution in [1.82, 2.24) is 5.32 Å². The molecule has 2 rings (SSSR count). The van der Waals surface area contributed by atoms with Crippen LogP contribution in [0.25, 0.3) is 0 Å². The Balaban J connectivity index is 1.93. The molecule has 0 bridgehead atoms. The van der Waals surface area contributed by atoms with E-state index in [1.807, 2.05) is 50.2 Å². The fraction of sp³-hybridized carbons (Fsp3) is 0.364. The summed E-state index contributed by atoms with van der Waals surface area (Å²) in [5.74, 6) is 0.949. The lowest BCUT2D eigenvalue weighted by Crippen LogP contribution is -2.36. The number of anilines is 1. The molecule has 0 aliphatic carbocycles. The zero-order valence-electron chi connectivity index (χ0n) is 16.4. The van der Waals surface area contributed by atoms with Gasteiger partial charge in [-0.1, -0.05) is 44.2 Å². The van der Waals surface area contributed by atoms with E-state index in [2.05, 4.69) is 36.6 Å². The van der Waals surface area contributed by atoms with Crippen LogP contribution in [-0.4, -0.2) is 17.6 Å². The Morgan fingerprint density at radius 1 is 1.11 bits per heavy atom. The van der Waals surface area contributed by atoms with Gasteiger partial charge in [0.1, 0.15) is 5.75 Å². The molecular formula is C22H28N2O2S. The lowest BCUT2D eigenvalue weighted by atomic mass is 9.96. The van der Waals surface area contributed by atoms with Gasteiger partial charge in [-0.2, -0.15) is 0 Å². The summed E-state index contributed by atoms with van der Waals surface area (Å²) in [4.78, 5) is 12.5. The van der Waals surface area contributed by atoms with Gasteiger partial charge >= 0.3 is 0 Å². The van der Waals surface area contributed by atoms with E-state index in [9.17, 15) is 4.79 Å². The molecule has 0 saturated carbocycles. The van der Waals surface area contributed by atoms with Crippen LogP contribution in [0.3, 0.4) is 0 Å². The Hall–Kier alpha value is -2.40. The van der Waals surface area contributed by atoms with Gasteiger partial charge in [0.25, 0.3) is 0 Å². The van der Waals surface area contributed by atoms with E-state index >= 15 is 0 Å². The molecule has 0 heterocycles. The van der Waals surface area contributed by atoms with Crippen LogP contribution in [0.4, 0.5) is 5.69 Å². The van der Waals surface area contributed by atoms with Gasteiger partial charge < -0.3 is 15.4 Å². The molecule has 0 radical (unpaired) electrons. The number of hydrogen-bond donors (Lipinski definition) is 2. The predicted molar refractivity (Wildman–Crippen MR) is 115 cm³/mol. The van der Waals surface area contributed by atoms with Crippen molar-refractivity contribution in [3.8, 4) is 5.75 Å². The summed E-state index contributed by atoms with van der Waals surface area (Å²) in [6.07, 6.45) is 1.04. The summed E-state index contributed by atoms with van der Waals surface area (Å²) >= 11 is 5.27. The minimum atomic E-state index is -0.285. The number of nitrogens with one attached hydrogen (secondary N) is 2. The first-order valence-electron chi connectivity index (χ1n) is 9.32. The van der Waals surface area contributed by atoms with Crippen LogP contribution in [0.1, 0.15) is 44.7 Å². The average molecular weight is 385 g/mol. The molecule has 0 saturated heterocycles. The number of rotatable bonds is 7. The van der Waals surface area contributed by atoms with Gasteiger partial charge in [-0.05, 0) is 61.7 Å². The maximum Gasteiger partial charge on any atom is 0.233 e. The van der Waals surface area contributed by atoms with Crippen LogP contribution in [0, 0.1) is 5.92 Å². The average Bonchev–Trinajstić information content (AvgIpc) is 2.61. The number of carbonyl (C=O) groups excluding carboxylic acids is 1. The molecular weight excluding hydrogens is 356 g/mol. The number of ether oxygens (including phenoxy) is 1. The van der Waals surface area contributed by atoms with E-state index < -0.39 is 0 Å². The van der Waals surface area contributed by atoms with Gasteiger partial charge in [0.15, 0.2) is 5.11 Å². The molecule has 144 valence electrons. The third-order valence-electron chi connectivity index (χ3n) is 4.16. The summed E-state index contributed by atoms with van der Waals surface area (Å²) in [6.45, 7) is 8.80. The highest BCUT2D eigenvalue weighted by Crippen LogP contribution is 2.19. The van der Waals surface area contributed by atoms with E-state index in [0.717, 1.165) is 23.4 Å². The number of thiocarbonyl (C=S) groups is 1. The van der Waals surface area contributed by atoms with Gasteiger partial charge in [0.05, 0.1) is 12.5 Å². The van der Waals surface area contributed by atoms with Crippen LogP contribution >= 0.6 is 12.2 Å². The molecule has 1 amide bonds. The molecule has 0 aliphatic rings. The summed E-state index contributed by atoms with van der Waals surface area (Å²) in [5, 5.41) is 6.07. The van der Waals surface area contributed by atoms with Crippen molar-refractivity contribution < 1.29 is 9.53 Å². The van der Waals surface area contributed by atoms with Crippen molar-refractivity contribution in [2.24, 2.45) is 5.92 Å². The molecule has 0 fully saturated rings. The lowest BCUT2D eigenvalue weighted by Gasteiger charge is -2.15. The van der Waals surface area contributed by atoms with E-state index in [1.54, 1.807) is 0 Å². The number of amides is 1.